The summed E-state index contributed by atoms with van der Waals surface area (Å²) < 4.78 is 0. The minimum atomic E-state index is -0.219. The van der Waals surface area contributed by atoms with Crippen LogP contribution in [-0.4, -0.2) is 27.4 Å². The molecule has 0 aliphatic carbocycles. The van der Waals surface area contributed by atoms with Gasteiger partial charge in [0.1, 0.15) is 11.5 Å². The van der Waals surface area contributed by atoms with Crippen molar-refractivity contribution in [1.82, 2.24) is 20.3 Å². The minimum absolute atomic E-state index is 0.188. The lowest BCUT2D eigenvalue weighted by atomic mass is 10.2. The number of rotatable bonds is 5. The normalized spacial score (nSPS) is 11.9. The van der Waals surface area contributed by atoms with Gasteiger partial charge in [-0.15, -0.1) is 0 Å². The number of nitrogens with one attached hydrogen (secondary N) is 3. The molecule has 0 radical (unpaired) electrons. The van der Waals surface area contributed by atoms with Crippen molar-refractivity contribution in [3.63, 3.8) is 0 Å². The molecule has 1 amide bonds. The zero-order valence-corrected chi connectivity index (χ0v) is 11.0. The number of hydrogen-bond donors (Lipinski definition) is 3. The van der Waals surface area contributed by atoms with Crippen LogP contribution in [0.4, 0.5) is 5.69 Å². The molecule has 100 valence electrons. The van der Waals surface area contributed by atoms with Crippen molar-refractivity contribution in [1.29, 1.82) is 0 Å². The summed E-state index contributed by atoms with van der Waals surface area (Å²) in [5.74, 6) is 0.500. The lowest BCUT2D eigenvalue weighted by Crippen LogP contribution is -2.28. The molecule has 0 aliphatic heterocycles. The van der Waals surface area contributed by atoms with Crippen molar-refractivity contribution in [2.75, 3.05) is 11.9 Å². The van der Waals surface area contributed by atoms with Crippen LogP contribution in [-0.2, 0) is 0 Å². The van der Waals surface area contributed by atoms with Crippen molar-refractivity contribution in [2.45, 2.75) is 19.9 Å². The number of pyridine rings is 1. The van der Waals surface area contributed by atoms with Gasteiger partial charge in [0.2, 0.25) is 0 Å². The second kappa shape index (κ2) is 5.99. The summed E-state index contributed by atoms with van der Waals surface area (Å²) in [6.45, 7) is 4.66. The molecule has 3 N–H and O–H groups in total. The Morgan fingerprint density at radius 3 is 2.95 bits per heavy atom. The fraction of sp³-hybridized carbons (Fsp3) is 0.308. The SMILES string of the molecule is CCNc1ccnc(C(=O)NC(C)c2ncc[nH]2)c1. The second-order valence-electron chi connectivity index (χ2n) is 4.13. The van der Waals surface area contributed by atoms with E-state index in [-0.39, 0.29) is 11.9 Å². The second-order valence-corrected chi connectivity index (χ2v) is 4.13. The van der Waals surface area contributed by atoms with Crippen molar-refractivity contribution in [3.8, 4) is 0 Å². The van der Waals surface area contributed by atoms with Crippen LogP contribution in [0.2, 0.25) is 0 Å². The Kier molecular flexibility index (Phi) is 4.12. The highest BCUT2D eigenvalue weighted by molar-refractivity contribution is 5.93. The monoisotopic (exact) mass is 259 g/mol. The predicted molar refractivity (Wildman–Crippen MR) is 72.9 cm³/mol. The molecule has 0 bridgehead atoms. The number of amides is 1. The molecular formula is C13H17N5O. The molecule has 2 aromatic heterocycles. The Hall–Kier alpha value is -2.37. The molecular weight excluding hydrogens is 242 g/mol. The van der Waals surface area contributed by atoms with Crippen LogP contribution < -0.4 is 10.6 Å². The predicted octanol–water partition coefficient (Wildman–Crippen LogP) is 1.73. The highest BCUT2D eigenvalue weighted by atomic mass is 16.1. The first-order chi connectivity index (χ1) is 9.20. The van der Waals surface area contributed by atoms with Gasteiger partial charge in [-0.3, -0.25) is 9.78 Å². The molecule has 0 saturated heterocycles. The van der Waals surface area contributed by atoms with E-state index in [1.807, 2.05) is 19.9 Å². The summed E-state index contributed by atoms with van der Waals surface area (Å²) in [6, 6.07) is 3.37. The standard InChI is InChI=1S/C13H17N5O/c1-3-14-10-4-5-15-11(8-10)13(19)18-9(2)12-16-6-7-17-12/h4-9H,3H2,1-2H3,(H,14,15)(H,16,17)(H,18,19). The zero-order chi connectivity index (χ0) is 13.7. The minimum Gasteiger partial charge on any atom is -0.385 e. The number of H-pyrrole nitrogens is 1. The van der Waals surface area contributed by atoms with E-state index < -0.39 is 0 Å². The maximum absolute atomic E-state index is 12.1. The first-order valence-corrected chi connectivity index (χ1v) is 6.20. The molecule has 1 unspecified atom stereocenters. The van der Waals surface area contributed by atoms with Crippen LogP contribution in [0.5, 0.6) is 0 Å². The molecule has 1 atom stereocenters. The first-order valence-electron chi connectivity index (χ1n) is 6.20. The summed E-state index contributed by atoms with van der Waals surface area (Å²) in [4.78, 5) is 23.2. The molecule has 0 spiro atoms. The molecule has 2 heterocycles. The van der Waals surface area contributed by atoms with E-state index in [2.05, 4.69) is 25.6 Å². The highest BCUT2D eigenvalue weighted by Crippen LogP contribution is 2.10. The first kappa shape index (κ1) is 13.1. The molecule has 2 aromatic rings. The molecule has 19 heavy (non-hydrogen) atoms. The lowest BCUT2D eigenvalue weighted by molar-refractivity contribution is 0.0933. The average molecular weight is 259 g/mol. The number of aromatic nitrogens is 3. The zero-order valence-electron chi connectivity index (χ0n) is 11.0. The van der Waals surface area contributed by atoms with E-state index in [0.717, 1.165) is 18.1 Å². The van der Waals surface area contributed by atoms with E-state index >= 15 is 0 Å². The van der Waals surface area contributed by atoms with Crippen LogP contribution in [0.1, 0.15) is 36.2 Å². The molecule has 0 fully saturated rings. The van der Waals surface area contributed by atoms with Gasteiger partial charge in [-0.2, -0.15) is 0 Å². The summed E-state index contributed by atoms with van der Waals surface area (Å²) in [5, 5.41) is 5.99. The summed E-state index contributed by atoms with van der Waals surface area (Å²) in [5.41, 5.74) is 1.27. The summed E-state index contributed by atoms with van der Waals surface area (Å²) >= 11 is 0. The maximum atomic E-state index is 12.1. The van der Waals surface area contributed by atoms with Gasteiger partial charge in [-0.1, -0.05) is 0 Å². The van der Waals surface area contributed by atoms with Gasteiger partial charge in [0, 0.05) is 30.8 Å². The largest absolute Gasteiger partial charge is 0.385 e. The van der Waals surface area contributed by atoms with Crippen molar-refractivity contribution < 1.29 is 4.79 Å². The number of carbonyl (C=O) groups excluding carboxylic acids is 1. The van der Waals surface area contributed by atoms with Crippen LogP contribution in [0, 0.1) is 0 Å². The Bertz CT molecular complexity index is 538. The number of nitrogens with zero attached hydrogens (tertiary/aromatic N) is 2. The molecule has 6 heteroatoms. The topological polar surface area (TPSA) is 82.7 Å². The van der Waals surface area contributed by atoms with Gasteiger partial charge in [0.15, 0.2) is 0 Å². The van der Waals surface area contributed by atoms with Gasteiger partial charge in [-0.25, -0.2) is 4.98 Å². The number of aromatic amines is 1. The van der Waals surface area contributed by atoms with E-state index in [4.69, 9.17) is 0 Å². The third kappa shape index (κ3) is 3.31. The van der Waals surface area contributed by atoms with Gasteiger partial charge < -0.3 is 15.6 Å². The fourth-order valence-corrected chi connectivity index (χ4v) is 1.72. The van der Waals surface area contributed by atoms with Crippen LogP contribution >= 0.6 is 0 Å². The number of hydrogen-bond acceptors (Lipinski definition) is 4. The van der Waals surface area contributed by atoms with Crippen molar-refractivity contribution in [3.05, 3.63) is 42.2 Å². The van der Waals surface area contributed by atoms with Crippen LogP contribution in [0.3, 0.4) is 0 Å². The lowest BCUT2D eigenvalue weighted by Gasteiger charge is -2.11. The molecule has 2 rings (SSSR count). The third-order valence-electron chi connectivity index (χ3n) is 2.65. The Morgan fingerprint density at radius 1 is 1.42 bits per heavy atom. The Morgan fingerprint density at radius 2 is 2.26 bits per heavy atom. The fourth-order valence-electron chi connectivity index (χ4n) is 1.72. The van der Waals surface area contributed by atoms with Crippen molar-refractivity contribution in [2.24, 2.45) is 0 Å². The third-order valence-corrected chi connectivity index (χ3v) is 2.65. The smallest absolute Gasteiger partial charge is 0.270 e. The maximum Gasteiger partial charge on any atom is 0.270 e. The molecule has 0 aromatic carbocycles. The Labute approximate surface area is 111 Å². The van der Waals surface area contributed by atoms with Gasteiger partial charge >= 0.3 is 0 Å². The molecule has 0 saturated carbocycles. The molecule has 6 nitrogen and oxygen atoms in total. The number of anilines is 1. The van der Waals surface area contributed by atoms with Gasteiger partial charge in [0.25, 0.3) is 5.91 Å². The summed E-state index contributed by atoms with van der Waals surface area (Å²) in [6.07, 6.45) is 4.99. The Balaban J connectivity index is 2.05. The number of carbonyl (C=O) groups is 1. The van der Waals surface area contributed by atoms with Crippen LogP contribution in [0.15, 0.2) is 30.7 Å². The van der Waals surface area contributed by atoms with Crippen LogP contribution in [0.25, 0.3) is 0 Å². The van der Waals surface area contributed by atoms with E-state index in [1.165, 1.54) is 0 Å². The quantitative estimate of drug-likeness (QED) is 0.763. The van der Waals surface area contributed by atoms with E-state index in [0.29, 0.717) is 5.69 Å². The molecule has 0 aliphatic rings. The number of imidazole rings is 1. The van der Waals surface area contributed by atoms with E-state index in [1.54, 1.807) is 24.7 Å². The summed E-state index contributed by atoms with van der Waals surface area (Å²) in [7, 11) is 0. The average Bonchev–Trinajstić information content (AvgIpc) is 2.93. The highest BCUT2D eigenvalue weighted by Gasteiger charge is 2.14. The van der Waals surface area contributed by atoms with Gasteiger partial charge in [-0.05, 0) is 26.0 Å². The van der Waals surface area contributed by atoms with Gasteiger partial charge in [0.05, 0.1) is 6.04 Å². The van der Waals surface area contributed by atoms with E-state index in [9.17, 15) is 4.79 Å². The van der Waals surface area contributed by atoms with Crippen molar-refractivity contribution >= 4 is 11.6 Å².